The quantitative estimate of drug-likeness (QED) is 0.548. The number of carbonyl (C=O) groups excluding carboxylic acids is 1. The summed E-state index contributed by atoms with van der Waals surface area (Å²) in [4.78, 5) is 10.8. The predicted molar refractivity (Wildman–Crippen MR) is 41.3 cm³/mol. The Kier molecular flexibility index (Phi) is 3.32. The van der Waals surface area contributed by atoms with Crippen LogP contribution in [-0.4, -0.2) is 38.8 Å². The zero-order chi connectivity index (χ0) is 8.10. The second kappa shape index (κ2) is 4.31. The summed E-state index contributed by atoms with van der Waals surface area (Å²) >= 11 is 0. The second-order valence-electron chi connectivity index (χ2n) is 2.63. The highest BCUT2D eigenvalue weighted by molar-refractivity contribution is 5.77. The minimum Gasteiger partial charge on any atom is -0.367 e. The third-order valence-corrected chi connectivity index (χ3v) is 1.67. The van der Waals surface area contributed by atoms with Crippen LogP contribution in [0.1, 0.15) is 6.42 Å². The van der Waals surface area contributed by atoms with Crippen molar-refractivity contribution >= 4 is 5.91 Å². The predicted octanol–water partition coefficient (Wildman–Crippen LogP) is -0.889. The molecule has 11 heavy (non-hydrogen) atoms. The smallest absolute Gasteiger partial charge is 0.246 e. The average Bonchev–Trinajstić information content (AvgIpc) is 2.17. The van der Waals surface area contributed by atoms with Crippen molar-refractivity contribution in [1.82, 2.24) is 10.6 Å². The summed E-state index contributed by atoms with van der Waals surface area (Å²) in [5, 5.41) is 5.76. The van der Waals surface area contributed by atoms with Gasteiger partial charge in [-0.25, -0.2) is 0 Å². The molecule has 0 radical (unpaired) electrons. The van der Waals surface area contributed by atoms with Crippen molar-refractivity contribution < 1.29 is 9.53 Å². The zero-order valence-electron chi connectivity index (χ0n) is 6.72. The van der Waals surface area contributed by atoms with Gasteiger partial charge >= 0.3 is 0 Å². The fraction of sp³-hybridized carbons (Fsp3) is 0.857. The Labute approximate surface area is 66.3 Å². The molecule has 4 heteroatoms. The van der Waals surface area contributed by atoms with Crippen molar-refractivity contribution in [2.75, 3.05) is 26.7 Å². The van der Waals surface area contributed by atoms with E-state index in [2.05, 4.69) is 10.6 Å². The van der Waals surface area contributed by atoms with Gasteiger partial charge in [-0.15, -0.1) is 0 Å². The number of likely N-dealkylation sites (N-methyl/N-ethyl adjacent to an activating group) is 1. The van der Waals surface area contributed by atoms with Crippen molar-refractivity contribution in [1.29, 1.82) is 0 Å². The maximum absolute atomic E-state index is 10.8. The molecule has 2 N–H and O–H groups in total. The van der Waals surface area contributed by atoms with Gasteiger partial charge < -0.3 is 15.4 Å². The lowest BCUT2D eigenvalue weighted by molar-refractivity contribution is -0.125. The molecule has 0 aliphatic carbocycles. The van der Waals surface area contributed by atoms with Gasteiger partial charge in [0.2, 0.25) is 5.91 Å². The molecule has 1 atom stereocenters. The summed E-state index contributed by atoms with van der Waals surface area (Å²) in [6.07, 6.45) is 1.07. The van der Waals surface area contributed by atoms with Gasteiger partial charge in [0.15, 0.2) is 0 Å². The zero-order valence-corrected chi connectivity index (χ0v) is 6.72. The number of rotatable bonds is 2. The first-order valence-electron chi connectivity index (χ1n) is 3.86. The van der Waals surface area contributed by atoms with Gasteiger partial charge in [0.25, 0.3) is 0 Å². The van der Waals surface area contributed by atoms with E-state index in [1.807, 2.05) is 7.05 Å². The van der Waals surface area contributed by atoms with Gasteiger partial charge in [-0.2, -0.15) is 0 Å². The first-order chi connectivity index (χ1) is 5.33. The first kappa shape index (κ1) is 8.49. The van der Waals surface area contributed by atoms with Gasteiger partial charge in [0.1, 0.15) is 6.61 Å². The highest BCUT2D eigenvalue weighted by atomic mass is 16.5. The van der Waals surface area contributed by atoms with Crippen molar-refractivity contribution in [3.8, 4) is 0 Å². The van der Waals surface area contributed by atoms with E-state index in [1.54, 1.807) is 0 Å². The van der Waals surface area contributed by atoms with Crippen LogP contribution < -0.4 is 10.6 Å². The molecular formula is C7H14N2O2. The fourth-order valence-corrected chi connectivity index (χ4v) is 1.09. The molecule has 0 bridgehead atoms. The van der Waals surface area contributed by atoms with Crippen LogP contribution in [0.2, 0.25) is 0 Å². The molecule has 0 aromatic heterocycles. The van der Waals surface area contributed by atoms with E-state index >= 15 is 0 Å². The van der Waals surface area contributed by atoms with E-state index in [1.165, 1.54) is 0 Å². The highest BCUT2D eigenvalue weighted by Gasteiger charge is 2.14. The number of nitrogens with one attached hydrogen (secondary N) is 2. The van der Waals surface area contributed by atoms with Crippen LogP contribution in [0.15, 0.2) is 0 Å². The summed E-state index contributed by atoms with van der Waals surface area (Å²) in [5.41, 5.74) is 0. The van der Waals surface area contributed by atoms with Crippen LogP contribution in [0.4, 0.5) is 0 Å². The van der Waals surface area contributed by atoms with E-state index in [0.29, 0.717) is 0 Å². The van der Waals surface area contributed by atoms with Gasteiger partial charge in [0.05, 0.1) is 6.10 Å². The summed E-state index contributed by atoms with van der Waals surface area (Å²) in [6, 6.07) is 0. The van der Waals surface area contributed by atoms with Crippen LogP contribution in [0.5, 0.6) is 0 Å². The number of ether oxygens (including phenoxy) is 1. The molecule has 1 fully saturated rings. The third-order valence-electron chi connectivity index (χ3n) is 1.67. The van der Waals surface area contributed by atoms with Crippen LogP contribution in [-0.2, 0) is 9.53 Å². The van der Waals surface area contributed by atoms with E-state index in [9.17, 15) is 4.79 Å². The Morgan fingerprint density at radius 2 is 2.64 bits per heavy atom. The molecule has 0 saturated carbocycles. The molecule has 1 unspecified atom stereocenters. The molecule has 1 rings (SSSR count). The molecule has 0 aromatic carbocycles. The minimum atomic E-state index is -0.0106. The fourth-order valence-electron chi connectivity index (χ4n) is 1.09. The van der Waals surface area contributed by atoms with E-state index in [0.717, 1.165) is 19.5 Å². The molecule has 1 amide bonds. The van der Waals surface area contributed by atoms with E-state index in [4.69, 9.17) is 4.74 Å². The largest absolute Gasteiger partial charge is 0.367 e. The van der Waals surface area contributed by atoms with Crippen molar-refractivity contribution in [3.63, 3.8) is 0 Å². The Balaban J connectivity index is 2.28. The lowest BCUT2D eigenvalue weighted by Crippen LogP contribution is -2.26. The molecule has 1 heterocycles. The monoisotopic (exact) mass is 158 g/mol. The van der Waals surface area contributed by atoms with Crippen molar-refractivity contribution in [3.05, 3.63) is 0 Å². The number of amides is 1. The van der Waals surface area contributed by atoms with Crippen molar-refractivity contribution in [2.45, 2.75) is 12.5 Å². The Hall–Kier alpha value is -0.610. The van der Waals surface area contributed by atoms with Gasteiger partial charge in [-0.1, -0.05) is 0 Å². The van der Waals surface area contributed by atoms with E-state index < -0.39 is 0 Å². The molecule has 1 aliphatic rings. The maximum Gasteiger partial charge on any atom is 0.246 e. The summed E-state index contributed by atoms with van der Waals surface area (Å²) < 4.78 is 5.28. The molecule has 4 nitrogen and oxygen atoms in total. The number of carbonyl (C=O) groups is 1. The van der Waals surface area contributed by atoms with Gasteiger partial charge in [-0.3, -0.25) is 4.79 Å². The van der Waals surface area contributed by atoms with Crippen molar-refractivity contribution in [2.24, 2.45) is 0 Å². The van der Waals surface area contributed by atoms with E-state index in [-0.39, 0.29) is 18.6 Å². The molecule has 0 spiro atoms. The molecule has 1 aliphatic heterocycles. The van der Waals surface area contributed by atoms with Crippen LogP contribution >= 0.6 is 0 Å². The Morgan fingerprint density at radius 3 is 3.36 bits per heavy atom. The average molecular weight is 158 g/mol. The molecule has 64 valence electrons. The summed E-state index contributed by atoms with van der Waals surface area (Å²) in [7, 11) is 1.88. The number of hydrogen-bond acceptors (Lipinski definition) is 3. The number of hydrogen-bond donors (Lipinski definition) is 2. The third kappa shape index (κ3) is 2.86. The highest BCUT2D eigenvalue weighted by Crippen LogP contribution is 1.99. The lowest BCUT2D eigenvalue weighted by atomic mass is 10.2. The second-order valence-corrected chi connectivity index (χ2v) is 2.63. The molecular weight excluding hydrogens is 144 g/mol. The summed E-state index contributed by atoms with van der Waals surface area (Å²) in [5.74, 6) is -0.0106. The maximum atomic E-state index is 10.8. The standard InChI is InChI=1S/C7H14N2O2/c1-8-4-6-2-3-9-7(10)5-11-6/h6,8H,2-5H2,1H3,(H,9,10). The summed E-state index contributed by atoms with van der Waals surface area (Å²) in [6.45, 7) is 1.74. The first-order valence-corrected chi connectivity index (χ1v) is 3.86. The van der Waals surface area contributed by atoms with Crippen LogP contribution in [0.3, 0.4) is 0 Å². The minimum absolute atomic E-state index is 0.0106. The Morgan fingerprint density at radius 1 is 1.82 bits per heavy atom. The lowest BCUT2D eigenvalue weighted by Gasteiger charge is -2.11. The molecule has 0 aromatic rings. The van der Waals surface area contributed by atoms with Gasteiger partial charge in [-0.05, 0) is 13.5 Å². The van der Waals surface area contributed by atoms with Gasteiger partial charge in [0, 0.05) is 13.1 Å². The van der Waals surface area contributed by atoms with Crippen LogP contribution in [0.25, 0.3) is 0 Å². The van der Waals surface area contributed by atoms with Crippen LogP contribution in [0, 0.1) is 0 Å². The molecule has 1 saturated heterocycles. The topological polar surface area (TPSA) is 50.4 Å². The Bertz CT molecular complexity index is 138. The SMILES string of the molecule is CNCC1CCNC(=O)CO1. The normalized spacial score (nSPS) is 25.9.